The molecule has 0 bridgehead atoms. The summed E-state index contributed by atoms with van der Waals surface area (Å²) in [4.78, 5) is 0. The number of benzene rings is 2. The van der Waals surface area contributed by atoms with Crippen molar-refractivity contribution in [3.05, 3.63) is 64.2 Å². The van der Waals surface area contributed by atoms with Crippen LogP contribution in [0.1, 0.15) is 41.6 Å². The van der Waals surface area contributed by atoms with Crippen molar-refractivity contribution in [3.63, 3.8) is 0 Å². The third-order valence-corrected chi connectivity index (χ3v) is 4.24. The van der Waals surface area contributed by atoms with Crippen molar-refractivity contribution in [1.82, 2.24) is 0 Å². The Bertz CT molecular complexity index is 635. The Morgan fingerprint density at radius 1 is 1.24 bits per heavy atom. The maximum atomic E-state index is 10.5. The number of hydrogen-bond acceptors (Lipinski definition) is 2. The van der Waals surface area contributed by atoms with Gasteiger partial charge < -0.3 is 9.84 Å². The highest BCUT2D eigenvalue weighted by Gasteiger charge is 2.24. The molecule has 0 radical (unpaired) electrons. The number of ether oxygens (including phenoxy) is 1. The predicted octanol–water partition coefficient (Wildman–Crippen LogP) is 4.50. The summed E-state index contributed by atoms with van der Waals surface area (Å²) in [5, 5.41) is 11.2. The van der Waals surface area contributed by atoms with Gasteiger partial charge in [-0.3, -0.25) is 0 Å². The number of rotatable bonds is 5. The summed E-state index contributed by atoms with van der Waals surface area (Å²) in [6.07, 6.45) is 2.48. The zero-order valence-corrected chi connectivity index (χ0v) is 12.8. The van der Waals surface area contributed by atoms with E-state index in [1.807, 2.05) is 24.3 Å². The molecule has 1 saturated carbocycles. The molecule has 1 unspecified atom stereocenters. The van der Waals surface area contributed by atoms with E-state index in [0.717, 1.165) is 16.9 Å². The fraction of sp³-hybridized carbons (Fsp3) is 0.333. The molecule has 21 heavy (non-hydrogen) atoms. The molecule has 3 rings (SSSR count). The average Bonchev–Trinajstić information content (AvgIpc) is 3.32. The standard InChI is InChI=1S/C18H19ClO2/c1-21-18-8-7-16(19)10-15(18)11-17(20)14-4-2-3-13(9-14)12-5-6-12/h2-4,7-10,12,17,20H,5-6,11H2,1H3. The molecule has 2 nitrogen and oxygen atoms in total. The molecule has 1 N–H and O–H groups in total. The Labute approximate surface area is 130 Å². The topological polar surface area (TPSA) is 29.5 Å². The van der Waals surface area contributed by atoms with Crippen molar-refractivity contribution in [1.29, 1.82) is 0 Å². The number of aliphatic hydroxyl groups is 1. The van der Waals surface area contributed by atoms with Crippen LogP contribution in [0.4, 0.5) is 0 Å². The zero-order valence-electron chi connectivity index (χ0n) is 12.1. The number of aliphatic hydroxyl groups excluding tert-OH is 1. The molecule has 1 atom stereocenters. The highest BCUT2D eigenvalue weighted by Crippen LogP contribution is 2.40. The first-order valence-electron chi connectivity index (χ1n) is 7.27. The molecular weight excluding hydrogens is 284 g/mol. The van der Waals surface area contributed by atoms with Crippen LogP contribution in [0.25, 0.3) is 0 Å². The molecule has 0 amide bonds. The lowest BCUT2D eigenvalue weighted by atomic mass is 9.98. The largest absolute Gasteiger partial charge is 0.496 e. The van der Waals surface area contributed by atoms with Crippen LogP contribution >= 0.6 is 11.6 Å². The van der Waals surface area contributed by atoms with Gasteiger partial charge in [0.05, 0.1) is 13.2 Å². The quantitative estimate of drug-likeness (QED) is 0.881. The van der Waals surface area contributed by atoms with Crippen molar-refractivity contribution in [2.45, 2.75) is 31.3 Å². The summed E-state index contributed by atoms with van der Waals surface area (Å²) in [6, 6.07) is 13.8. The van der Waals surface area contributed by atoms with E-state index in [2.05, 4.69) is 12.1 Å². The highest BCUT2D eigenvalue weighted by molar-refractivity contribution is 6.30. The van der Waals surface area contributed by atoms with Crippen LogP contribution in [0.2, 0.25) is 5.02 Å². The van der Waals surface area contributed by atoms with Crippen LogP contribution in [0.3, 0.4) is 0 Å². The van der Waals surface area contributed by atoms with Crippen molar-refractivity contribution >= 4 is 11.6 Å². The first-order valence-corrected chi connectivity index (χ1v) is 7.65. The van der Waals surface area contributed by atoms with E-state index in [9.17, 15) is 5.11 Å². The molecule has 1 fully saturated rings. The van der Waals surface area contributed by atoms with Crippen LogP contribution in [0, 0.1) is 0 Å². The molecule has 2 aromatic carbocycles. The molecule has 0 saturated heterocycles. The minimum Gasteiger partial charge on any atom is -0.496 e. The second kappa shape index (κ2) is 6.08. The Morgan fingerprint density at radius 3 is 2.76 bits per heavy atom. The molecule has 1 aliphatic rings. The van der Waals surface area contributed by atoms with Crippen LogP contribution < -0.4 is 4.74 Å². The second-order valence-corrected chi connectivity index (χ2v) is 6.06. The maximum Gasteiger partial charge on any atom is 0.122 e. The Morgan fingerprint density at radius 2 is 2.05 bits per heavy atom. The Hall–Kier alpha value is -1.51. The number of hydrogen-bond donors (Lipinski definition) is 1. The van der Waals surface area contributed by atoms with E-state index in [-0.39, 0.29) is 0 Å². The second-order valence-electron chi connectivity index (χ2n) is 5.62. The highest BCUT2D eigenvalue weighted by atomic mass is 35.5. The molecular formula is C18H19ClO2. The summed E-state index contributed by atoms with van der Waals surface area (Å²) < 4.78 is 5.34. The van der Waals surface area contributed by atoms with Crippen molar-refractivity contribution in [2.24, 2.45) is 0 Å². The SMILES string of the molecule is COc1ccc(Cl)cc1CC(O)c1cccc(C2CC2)c1. The van der Waals surface area contributed by atoms with Gasteiger partial charge in [0, 0.05) is 11.4 Å². The lowest BCUT2D eigenvalue weighted by Gasteiger charge is -2.15. The molecule has 0 aliphatic heterocycles. The van der Waals surface area contributed by atoms with Gasteiger partial charge in [0.25, 0.3) is 0 Å². The van der Waals surface area contributed by atoms with E-state index in [1.165, 1.54) is 18.4 Å². The number of halogens is 1. The van der Waals surface area contributed by atoms with Gasteiger partial charge in [-0.05, 0) is 53.6 Å². The van der Waals surface area contributed by atoms with Crippen LogP contribution in [-0.2, 0) is 6.42 Å². The maximum absolute atomic E-state index is 10.5. The van der Waals surface area contributed by atoms with Gasteiger partial charge in [-0.15, -0.1) is 0 Å². The summed E-state index contributed by atoms with van der Waals surface area (Å²) >= 11 is 6.04. The molecule has 0 aromatic heterocycles. The first kappa shape index (κ1) is 14.4. The lowest BCUT2D eigenvalue weighted by molar-refractivity contribution is 0.177. The molecule has 2 aromatic rings. The molecule has 0 heterocycles. The smallest absolute Gasteiger partial charge is 0.122 e. The van der Waals surface area contributed by atoms with Crippen LogP contribution in [0.5, 0.6) is 5.75 Å². The van der Waals surface area contributed by atoms with Crippen molar-refractivity contribution in [2.75, 3.05) is 7.11 Å². The summed E-state index contributed by atoms with van der Waals surface area (Å²) in [6.45, 7) is 0. The third-order valence-electron chi connectivity index (χ3n) is 4.00. The average molecular weight is 303 g/mol. The van der Waals surface area contributed by atoms with Gasteiger partial charge in [0.1, 0.15) is 5.75 Å². The van der Waals surface area contributed by atoms with Gasteiger partial charge in [0.2, 0.25) is 0 Å². The third kappa shape index (κ3) is 3.39. The minimum absolute atomic E-state index is 0.498. The molecule has 0 spiro atoms. The molecule has 110 valence electrons. The van der Waals surface area contributed by atoms with Crippen molar-refractivity contribution in [3.8, 4) is 5.75 Å². The van der Waals surface area contributed by atoms with Gasteiger partial charge in [0.15, 0.2) is 0 Å². The monoisotopic (exact) mass is 302 g/mol. The van der Waals surface area contributed by atoms with Crippen LogP contribution in [0.15, 0.2) is 42.5 Å². The first-order chi connectivity index (χ1) is 10.2. The summed E-state index contributed by atoms with van der Waals surface area (Å²) in [5.74, 6) is 1.45. The normalized spacial score (nSPS) is 15.8. The van der Waals surface area contributed by atoms with E-state index in [4.69, 9.17) is 16.3 Å². The Kier molecular flexibility index (Phi) is 4.18. The van der Waals surface area contributed by atoms with E-state index >= 15 is 0 Å². The summed E-state index contributed by atoms with van der Waals surface area (Å²) in [5.41, 5.74) is 3.22. The van der Waals surface area contributed by atoms with E-state index in [1.54, 1.807) is 13.2 Å². The predicted molar refractivity (Wildman–Crippen MR) is 85.1 cm³/mol. The zero-order chi connectivity index (χ0) is 14.8. The van der Waals surface area contributed by atoms with Crippen LogP contribution in [-0.4, -0.2) is 12.2 Å². The molecule has 1 aliphatic carbocycles. The van der Waals surface area contributed by atoms with Gasteiger partial charge in [-0.1, -0.05) is 35.9 Å². The van der Waals surface area contributed by atoms with E-state index < -0.39 is 6.10 Å². The number of methoxy groups -OCH3 is 1. The van der Waals surface area contributed by atoms with Crippen molar-refractivity contribution < 1.29 is 9.84 Å². The lowest BCUT2D eigenvalue weighted by Crippen LogP contribution is -2.04. The van der Waals surface area contributed by atoms with Gasteiger partial charge >= 0.3 is 0 Å². The summed E-state index contributed by atoms with van der Waals surface area (Å²) in [7, 11) is 1.63. The molecule has 3 heteroatoms. The van der Waals surface area contributed by atoms with Gasteiger partial charge in [-0.2, -0.15) is 0 Å². The fourth-order valence-electron chi connectivity index (χ4n) is 2.67. The van der Waals surface area contributed by atoms with E-state index in [0.29, 0.717) is 17.4 Å². The fourth-order valence-corrected chi connectivity index (χ4v) is 2.86. The minimum atomic E-state index is -0.545. The Balaban J connectivity index is 1.81. The van der Waals surface area contributed by atoms with Gasteiger partial charge in [-0.25, -0.2) is 0 Å².